The third kappa shape index (κ3) is 5.80. The van der Waals surface area contributed by atoms with E-state index >= 15 is 0 Å². The van der Waals surface area contributed by atoms with Crippen molar-refractivity contribution in [1.82, 2.24) is 5.32 Å². The molecule has 1 heterocycles. The van der Waals surface area contributed by atoms with Crippen molar-refractivity contribution in [2.24, 2.45) is 11.7 Å². The van der Waals surface area contributed by atoms with Gasteiger partial charge in [-0.25, -0.2) is 0 Å². The predicted octanol–water partition coefficient (Wildman–Crippen LogP) is -0.732. The molecule has 0 radical (unpaired) electrons. The van der Waals surface area contributed by atoms with E-state index in [0.29, 0.717) is 13.0 Å². The average Bonchev–Trinajstić information content (AvgIpc) is 3.05. The summed E-state index contributed by atoms with van der Waals surface area (Å²) in [6, 6.07) is -1.38. The first-order valence-corrected chi connectivity index (χ1v) is 7.94. The van der Waals surface area contributed by atoms with Gasteiger partial charge in [0.05, 0.1) is 25.6 Å². The van der Waals surface area contributed by atoms with E-state index in [4.69, 9.17) is 19.9 Å². The van der Waals surface area contributed by atoms with E-state index in [1.54, 1.807) is 13.8 Å². The maximum absolute atomic E-state index is 12.1. The van der Waals surface area contributed by atoms with Gasteiger partial charge in [-0.3, -0.25) is 19.2 Å². The summed E-state index contributed by atoms with van der Waals surface area (Å²) in [5.41, 5.74) is 5.31. The van der Waals surface area contributed by atoms with Crippen molar-refractivity contribution in [1.29, 1.82) is 0 Å². The third-order valence-corrected chi connectivity index (χ3v) is 3.51. The molecule has 1 rings (SSSR count). The minimum atomic E-state index is -1.38. The Hall–Kier alpha value is -2.16. The molecule has 0 saturated carbocycles. The van der Waals surface area contributed by atoms with Crippen molar-refractivity contribution in [2.75, 3.05) is 19.8 Å². The Labute approximate surface area is 140 Å². The van der Waals surface area contributed by atoms with Crippen LogP contribution in [0.15, 0.2) is 0 Å². The van der Waals surface area contributed by atoms with Gasteiger partial charge in [0, 0.05) is 6.61 Å². The van der Waals surface area contributed by atoms with E-state index < -0.39 is 48.2 Å². The Bertz CT molecular complexity index is 474. The second-order valence-electron chi connectivity index (χ2n) is 5.26. The second-order valence-corrected chi connectivity index (χ2v) is 5.26. The number of primary amides is 1. The van der Waals surface area contributed by atoms with Gasteiger partial charge in [-0.15, -0.1) is 0 Å². The molecule has 24 heavy (non-hydrogen) atoms. The number of hydrogen-bond acceptors (Lipinski definition) is 7. The summed E-state index contributed by atoms with van der Waals surface area (Å²) in [5, 5.41) is 2.40. The van der Waals surface area contributed by atoms with Gasteiger partial charge in [0.2, 0.25) is 11.8 Å². The highest BCUT2D eigenvalue weighted by molar-refractivity contribution is 5.93. The summed E-state index contributed by atoms with van der Waals surface area (Å²) >= 11 is 0. The summed E-state index contributed by atoms with van der Waals surface area (Å²) in [4.78, 5) is 47.7. The second kappa shape index (κ2) is 9.86. The average molecular weight is 344 g/mol. The van der Waals surface area contributed by atoms with Gasteiger partial charge in [-0.2, -0.15) is 0 Å². The molecular weight excluding hydrogens is 320 g/mol. The third-order valence-electron chi connectivity index (χ3n) is 3.51. The van der Waals surface area contributed by atoms with Crippen LogP contribution in [-0.4, -0.2) is 55.7 Å². The Morgan fingerprint density at radius 1 is 1.21 bits per heavy atom. The van der Waals surface area contributed by atoms with Crippen molar-refractivity contribution >= 4 is 23.8 Å². The lowest BCUT2D eigenvalue weighted by atomic mass is 9.95. The minimum absolute atomic E-state index is 0.0589. The fraction of sp³-hybridized carbons (Fsp3) is 0.733. The number of esters is 2. The molecule has 0 aliphatic carbocycles. The largest absolute Gasteiger partial charge is 0.466 e. The van der Waals surface area contributed by atoms with Crippen LogP contribution in [-0.2, 0) is 33.4 Å². The topological polar surface area (TPSA) is 134 Å². The molecule has 0 bridgehead atoms. The van der Waals surface area contributed by atoms with E-state index in [9.17, 15) is 19.2 Å². The van der Waals surface area contributed by atoms with Crippen molar-refractivity contribution < 1.29 is 33.4 Å². The zero-order chi connectivity index (χ0) is 18.1. The van der Waals surface area contributed by atoms with Crippen molar-refractivity contribution in [3.05, 3.63) is 0 Å². The predicted molar refractivity (Wildman–Crippen MR) is 81.5 cm³/mol. The van der Waals surface area contributed by atoms with Gasteiger partial charge in [0.25, 0.3) is 0 Å². The molecule has 0 aromatic carbocycles. The zero-order valence-electron chi connectivity index (χ0n) is 13.9. The summed E-state index contributed by atoms with van der Waals surface area (Å²) in [6.07, 6.45) is 0.117. The van der Waals surface area contributed by atoms with Crippen molar-refractivity contribution in [2.45, 2.75) is 45.3 Å². The summed E-state index contributed by atoms with van der Waals surface area (Å²) in [5.74, 6) is -4.24. The van der Waals surface area contributed by atoms with Gasteiger partial charge >= 0.3 is 11.9 Å². The Morgan fingerprint density at radius 3 is 2.38 bits per heavy atom. The molecule has 1 aliphatic heterocycles. The number of rotatable bonds is 9. The van der Waals surface area contributed by atoms with Crippen LogP contribution in [0.4, 0.5) is 0 Å². The molecule has 0 unspecified atom stereocenters. The standard InChI is InChI=1S/C15H24N2O7/c1-3-22-11(18)8-9(15(21)23-4-2)12(13(16)19)17-14(20)10-6-5-7-24-10/h9-10,12H,3-8H2,1-2H3,(H2,16,19)(H,17,20)/t9-,10+,12+/m1/s1. The number of carbonyl (C=O) groups excluding carboxylic acids is 4. The molecule has 0 aromatic rings. The molecule has 9 heteroatoms. The molecule has 2 amide bonds. The molecule has 0 aromatic heterocycles. The number of hydrogen-bond donors (Lipinski definition) is 2. The summed E-state index contributed by atoms with van der Waals surface area (Å²) < 4.78 is 14.9. The molecule has 136 valence electrons. The van der Waals surface area contributed by atoms with E-state index in [-0.39, 0.29) is 13.2 Å². The first-order chi connectivity index (χ1) is 11.4. The smallest absolute Gasteiger partial charge is 0.312 e. The van der Waals surface area contributed by atoms with Gasteiger partial charge in [-0.05, 0) is 26.7 Å². The van der Waals surface area contributed by atoms with Crippen LogP contribution in [0.25, 0.3) is 0 Å². The van der Waals surface area contributed by atoms with Crippen LogP contribution in [0.1, 0.15) is 33.1 Å². The Kier molecular flexibility index (Phi) is 8.17. The lowest BCUT2D eigenvalue weighted by molar-refractivity contribution is -0.157. The number of carbonyl (C=O) groups is 4. The Morgan fingerprint density at radius 2 is 1.88 bits per heavy atom. The highest BCUT2D eigenvalue weighted by Crippen LogP contribution is 2.16. The molecule has 1 saturated heterocycles. The van der Waals surface area contributed by atoms with E-state index in [1.165, 1.54) is 0 Å². The number of amides is 2. The molecule has 9 nitrogen and oxygen atoms in total. The quantitative estimate of drug-likeness (QED) is 0.526. The van der Waals surface area contributed by atoms with Gasteiger partial charge in [0.15, 0.2) is 0 Å². The SMILES string of the molecule is CCOC(=O)C[C@@H](C(=O)OCC)[C@H](NC(=O)[C@@H]1CCCO1)C(N)=O. The summed E-state index contributed by atoms with van der Waals surface area (Å²) in [7, 11) is 0. The van der Waals surface area contributed by atoms with E-state index in [2.05, 4.69) is 5.32 Å². The first-order valence-electron chi connectivity index (χ1n) is 7.94. The summed E-state index contributed by atoms with van der Waals surface area (Å²) in [6.45, 7) is 3.83. The lowest BCUT2D eigenvalue weighted by Gasteiger charge is -2.24. The highest BCUT2D eigenvalue weighted by atomic mass is 16.5. The van der Waals surface area contributed by atoms with Crippen LogP contribution in [0.3, 0.4) is 0 Å². The number of ether oxygens (including phenoxy) is 3. The van der Waals surface area contributed by atoms with Crippen LogP contribution >= 0.6 is 0 Å². The van der Waals surface area contributed by atoms with Crippen LogP contribution in [0, 0.1) is 5.92 Å². The highest BCUT2D eigenvalue weighted by Gasteiger charge is 2.38. The molecule has 3 N–H and O–H groups in total. The van der Waals surface area contributed by atoms with Crippen LogP contribution in [0.2, 0.25) is 0 Å². The van der Waals surface area contributed by atoms with Crippen LogP contribution < -0.4 is 11.1 Å². The maximum Gasteiger partial charge on any atom is 0.312 e. The molecule has 0 spiro atoms. The molecular formula is C15H24N2O7. The zero-order valence-corrected chi connectivity index (χ0v) is 13.9. The Balaban J connectivity index is 2.89. The van der Waals surface area contributed by atoms with Crippen molar-refractivity contribution in [3.63, 3.8) is 0 Å². The maximum atomic E-state index is 12.1. The van der Waals surface area contributed by atoms with Gasteiger partial charge < -0.3 is 25.3 Å². The van der Waals surface area contributed by atoms with E-state index in [1.807, 2.05) is 0 Å². The lowest BCUT2D eigenvalue weighted by Crippen LogP contribution is -2.54. The normalized spacial score (nSPS) is 19.2. The first kappa shape index (κ1) is 19.9. The fourth-order valence-electron chi connectivity index (χ4n) is 2.39. The molecule has 1 aliphatic rings. The molecule has 1 fully saturated rings. The van der Waals surface area contributed by atoms with Gasteiger partial charge in [0.1, 0.15) is 12.1 Å². The fourth-order valence-corrected chi connectivity index (χ4v) is 2.39. The van der Waals surface area contributed by atoms with E-state index in [0.717, 1.165) is 6.42 Å². The monoisotopic (exact) mass is 344 g/mol. The number of nitrogens with two attached hydrogens (primary N) is 1. The van der Waals surface area contributed by atoms with Crippen LogP contribution in [0.5, 0.6) is 0 Å². The minimum Gasteiger partial charge on any atom is -0.466 e. The van der Waals surface area contributed by atoms with Crippen molar-refractivity contribution in [3.8, 4) is 0 Å². The van der Waals surface area contributed by atoms with Gasteiger partial charge in [-0.1, -0.05) is 0 Å². The number of nitrogens with one attached hydrogen (secondary N) is 1. The molecule has 3 atom stereocenters.